The normalized spacial score (nSPS) is 23.5. The van der Waals surface area contributed by atoms with Gasteiger partial charge in [-0.05, 0) is 38.5 Å². The number of nitrogens with one attached hydrogen (secondary N) is 1. The van der Waals surface area contributed by atoms with Gasteiger partial charge in [0.15, 0.2) is 0 Å². The summed E-state index contributed by atoms with van der Waals surface area (Å²) in [6.45, 7) is 6.45. The molecule has 1 aromatic heterocycles. The fourth-order valence-electron chi connectivity index (χ4n) is 5.04. The van der Waals surface area contributed by atoms with Crippen molar-refractivity contribution < 1.29 is 24.2 Å². The van der Waals surface area contributed by atoms with Crippen LogP contribution >= 0.6 is 11.3 Å². The number of thiazole rings is 1. The predicted octanol–water partition coefficient (Wildman–Crippen LogP) is 3.40. The minimum absolute atomic E-state index is 0.0319. The van der Waals surface area contributed by atoms with Gasteiger partial charge in [-0.1, -0.05) is 12.7 Å². The Labute approximate surface area is 204 Å². The number of hydrogen-bond donors (Lipinski definition) is 2. The lowest BCUT2D eigenvalue weighted by molar-refractivity contribution is -0.142. The summed E-state index contributed by atoms with van der Waals surface area (Å²) in [6.07, 6.45) is 7.31. The van der Waals surface area contributed by atoms with Crippen molar-refractivity contribution >= 4 is 29.4 Å². The van der Waals surface area contributed by atoms with Crippen molar-refractivity contribution in [2.24, 2.45) is 5.92 Å². The van der Waals surface area contributed by atoms with Crippen molar-refractivity contribution in [2.75, 3.05) is 32.8 Å². The number of ether oxygens (including phenoxy) is 1. The van der Waals surface area contributed by atoms with E-state index < -0.39 is 5.97 Å². The number of aromatic nitrogens is 1. The van der Waals surface area contributed by atoms with E-state index in [1.165, 1.54) is 4.88 Å². The molecule has 0 bridgehead atoms. The quantitative estimate of drug-likeness (QED) is 0.612. The maximum Gasteiger partial charge on any atom is 0.410 e. The molecule has 3 heterocycles. The summed E-state index contributed by atoms with van der Waals surface area (Å²) in [5, 5.41) is 13.4. The van der Waals surface area contributed by atoms with Crippen LogP contribution in [0.4, 0.5) is 9.59 Å². The Hall–Kier alpha value is -2.62. The summed E-state index contributed by atoms with van der Waals surface area (Å²) in [6, 6.07) is 0.0413. The minimum atomic E-state index is -0.727. The average molecular weight is 491 g/mol. The minimum Gasteiger partial charge on any atom is -0.481 e. The van der Waals surface area contributed by atoms with Crippen LogP contribution in [0.2, 0.25) is 0 Å². The van der Waals surface area contributed by atoms with Crippen LogP contribution in [-0.4, -0.2) is 76.8 Å². The summed E-state index contributed by atoms with van der Waals surface area (Å²) in [5.41, 5.74) is 1.09. The number of carbonyl (C=O) groups excluding carboxylic acids is 2. The maximum atomic E-state index is 12.7. The van der Waals surface area contributed by atoms with Gasteiger partial charge in [-0.25, -0.2) is 14.6 Å². The number of amides is 3. The lowest BCUT2D eigenvalue weighted by Crippen LogP contribution is -2.48. The van der Waals surface area contributed by atoms with Crippen molar-refractivity contribution in [1.29, 1.82) is 0 Å². The molecule has 0 spiro atoms. The monoisotopic (exact) mass is 490 g/mol. The predicted molar refractivity (Wildman–Crippen MR) is 128 cm³/mol. The van der Waals surface area contributed by atoms with Gasteiger partial charge in [-0.15, -0.1) is 11.3 Å². The Bertz CT molecular complexity index is 878. The van der Waals surface area contributed by atoms with Crippen LogP contribution in [0, 0.1) is 5.92 Å². The lowest BCUT2D eigenvalue weighted by Gasteiger charge is -2.34. The van der Waals surface area contributed by atoms with Gasteiger partial charge < -0.3 is 25.0 Å². The van der Waals surface area contributed by atoms with Gasteiger partial charge in [-0.2, -0.15) is 0 Å². The van der Waals surface area contributed by atoms with Gasteiger partial charge >= 0.3 is 18.1 Å². The van der Waals surface area contributed by atoms with Crippen molar-refractivity contribution in [3.63, 3.8) is 0 Å². The molecule has 3 amide bonds. The molecule has 1 saturated heterocycles. The van der Waals surface area contributed by atoms with Gasteiger partial charge in [0.25, 0.3) is 0 Å². The largest absolute Gasteiger partial charge is 0.481 e. The third-order valence-corrected chi connectivity index (χ3v) is 8.46. The number of fused-ring (bicyclic) bond motifs is 1. The molecule has 0 atom stereocenters. The van der Waals surface area contributed by atoms with Crippen molar-refractivity contribution in [3.05, 3.63) is 28.2 Å². The summed E-state index contributed by atoms with van der Waals surface area (Å²) in [7, 11) is 0. The van der Waals surface area contributed by atoms with E-state index in [-0.39, 0.29) is 30.7 Å². The summed E-state index contributed by atoms with van der Waals surface area (Å²) >= 11 is 1.75. The summed E-state index contributed by atoms with van der Waals surface area (Å²) in [4.78, 5) is 45.8. The number of rotatable bonds is 5. The molecule has 2 fully saturated rings. The van der Waals surface area contributed by atoms with E-state index in [1.807, 2.05) is 4.90 Å². The zero-order chi connectivity index (χ0) is 24.1. The van der Waals surface area contributed by atoms with E-state index in [0.717, 1.165) is 49.2 Å². The lowest BCUT2D eigenvalue weighted by atomic mass is 9.86. The highest BCUT2D eigenvalue weighted by molar-refractivity contribution is 7.11. The van der Waals surface area contributed by atoms with E-state index in [1.54, 1.807) is 22.3 Å². The number of piperidine rings is 1. The molecule has 2 N–H and O–H groups in total. The number of hydrogen-bond acceptors (Lipinski definition) is 6. The van der Waals surface area contributed by atoms with Crippen LogP contribution in [0.1, 0.15) is 60.0 Å². The van der Waals surface area contributed by atoms with Crippen LogP contribution in [0.15, 0.2) is 12.7 Å². The molecule has 1 saturated carbocycles. The van der Waals surface area contributed by atoms with E-state index in [4.69, 9.17) is 14.8 Å². The first-order valence-corrected chi connectivity index (χ1v) is 13.1. The van der Waals surface area contributed by atoms with Crippen LogP contribution in [-0.2, 0) is 22.4 Å². The van der Waals surface area contributed by atoms with E-state index in [0.29, 0.717) is 44.9 Å². The Kier molecular flexibility index (Phi) is 8.07. The summed E-state index contributed by atoms with van der Waals surface area (Å²) < 4.78 is 5.16. The van der Waals surface area contributed by atoms with Crippen LogP contribution in [0.3, 0.4) is 0 Å². The number of carboxylic acid groups (broad SMARTS) is 1. The Morgan fingerprint density at radius 3 is 2.44 bits per heavy atom. The average Bonchev–Trinajstić information content (AvgIpc) is 3.15. The zero-order valence-electron chi connectivity index (χ0n) is 19.5. The summed E-state index contributed by atoms with van der Waals surface area (Å²) in [5.74, 6) is -0.637. The number of likely N-dealkylation sites (tertiary alicyclic amines) is 1. The Morgan fingerprint density at radius 2 is 1.76 bits per heavy atom. The van der Waals surface area contributed by atoms with Gasteiger partial charge in [0.2, 0.25) is 0 Å². The molecule has 0 aromatic carbocycles. The van der Waals surface area contributed by atoms with Gasteiger partial charge in [-0.3, -0.25) is 4.79 Å². The van der Waals surface area contributed by atoms with E-state index in [9.17, 15) is 14.4 Å². The van der Waals surface area contributed by atoms with Gasteiger partial charge in [0, 0.05) is 55.9 Å². The van der Waals surface area contributed by atoms with Gasteiger partial charge in [0.05, 0.1) is 16.6 Å². The Morgan fingerprint density at radius 1 is 1.06 bits per heavy atom. The second-order valence-electron chi connectivity index (χ2n) is 9.37. The fraction of sp³-hybridized carbons (Fsp3) is 0.667. The first-order valence-electron chi connectivity index (χ1n) is 12.2. The third-order valence-electron chi connectivity index (χ3n) is 7.14. The van der Waals surface area contributed by atoms with Crippen LogP contribution in [0.5, 0.6) is 0 Å². The molecule has 3 aliphatic rings. The fourth-order valence-corrected chi connectivity index (χ4v) is 6.31. The second-order valence-corrected chi connectivity index (χ2v) is 10.5. The molecule has 0 unspecified atom stereocenters. The molecule has 9 nitrogen and oxygen atoms in total. The highest BCUT2D eigenvalue weighted by Gasteiger charge is 2.31. The number of carboxylic acids is 1. The Balaban J connectivity index is 1.23. The second kappa shape index (κ2) is 11.2. The molecule has 186 valence electrons. The van der Waals surface area contributed by atoms with E-state index >= 15 is 0 Å². The van der Waals surface area contributed by atoms with Crippen LogP contribution in [0.25, 0.3) is 0 Å². The number of urea groups is 1. The van der Waals surface area contributed by atoms with E-state index in [2.05, 4.69) is 11.9 Å². The maximum absolute atomic E-state index is 12.7. The zero-order valence-corrected chi connectivity index (χ0v) is 20.4. The highest BCUT2D eigenvalue weighted by atomic mass is 32.1. The van der Waals surface area contributed by atoms with Crippen molar-refractivity contribution in [1.82, 2.24) is 20.1 Å². The molecule has 2 aliphatic heterocycles. The first kappa shape index (κ1) is 24.5. The molecule has 1 aliphatic carbocycles. The number of carbonyl (C=O) groups is 3. The first-order chi connectivity index (χ1) is 16.4. The van der Waals surface area contributed by atoms with Crippen LogP contribution < -0.4 is 5.32 Å². The molecule has 10 heteroatoms. The SMILES string of the molecule is C=CCOC(=O)N1CCc2nc(C3CCN(C(=O)N[C@H]4CC[C@H](C(=O)O)CC4)CC3)sc2CC1. The number of nitrogens with zero attached hydrogens (tertiary/aromatic N) is 3. The third kappa shape index (κ3) is 5.89. The highest BCUT2D eigenvalue weighted by Crippen LogP contribution is 2.34. The smallest absolute Gasteiger partial charge is 0.410 e. The van der Waals surface area contributed by atoms with Crippen molar-refractivity contribution in [3.8, 4) is 0 Å². The molecule has 0 radical (unpaired) electrons. The molecular weight excluding hydrogens is 456 g/mol. The molecule has 34 heavy (non-hydrogen) atoms. The molecular formula is C24H34N4O5S. The topological polar surface area (TPSA) is 112 Å². The standard InChI is InChI=1S/C24H34N4O5S/c1-2-15-33-24(32)28-13-9-19-20(10-14-28)34-21(26-19)16-7-11-27(12-8-16)23(31)25-18-5-3-17(4-6-18)22(29)30/h2,16-18H,1,3-15H2,(H,25,31)(H,29,30)/t17-,18-. The molecule has 4 rings (SSSR count). The number of aliphatic carboxylic acids is 1. The van der Waals surface area contributed by atoms with Crippen molar-refractivity contribution in [2.45, 2.75) is 63.3 Å². The van der Waals surface area contributed by atoms with Gasteiger partial charge in [0.1, 0.15) is 6.61 Å². The molecule has 1 aromatic rings.